The van der Waals surface area contributed by atoms with Gasteiger partial charge in [-0.3, -0.25) is 4.79 Å². The smallest absolute Gasteiger partial charge is 0.336 e. The Morgan fingerprint density at radius 1 is 0.957 bits per heavy atom. The number of rotatable bonds is 6. The van der Waals surface area contributed by atoms with Gasteiger partial charge in [-0.2, -0.15) is 0 Å². The fraction of sp³-hybridized carbons (Fsp3) is 0.351. The number of carbonyl (C=O) groups is 1. The second-order valence-electron chi connectivity index (χ2n) is 12.3. The van der Waals surface area contributed by atoms with Crippen molar-refractivity contribution in [2.45, 2.75) is 52.2 Å². The molecule has 246 valence electrons. The standard InChI is InChI=1S/C23H24O6.C14H14O4/c1-11(2)16-8-14-15(28-16)6-5-12-22(24)21-13-7-18(25-3)19(26-4)9-17(13)27-10-20(21)29-23(12)14;1-9(2)5-6-17-13-8-12-10(7-11(13)15)3-4-14(16)18-12/h5-7,9,11,16,20-21H,8,10H2,1-4H3;3-5,7-8,15H,6H2,1-2H3. The summed E-state index contributed by atoms with van der Waals surface area (Å²) in [6.45, 7) is 8.86. The molecule has 7 rings (SSSR count). The maximum absolute atomic E-state index is 13.5. The molecule has 3 aliphatic rings. The van der Waals surface area contributed by atoms with Crippen LogP contribution in [0.4, 0.5) is 0 Å². The zero-order valence-corrected chi connectivity index (χ0v) is 27.2. The minimum atomic E-state index is -0.438. The number of carbonyl (C=O) groups excluding carboxylic acids is 1. The lowest BCUT2D eigenvalue weighted by Gasteiger charge is -2.37. The minimum absolute atomic E-state index is 0.0264. The summed E-state index contributed by atoms with van der Waals surface area (Å²) in [5.41, 5.74) is 3.47. The molecule has 10 nitrogen and oxygen atoms in total. The molecule has 0 amide bonds. The van der Waals surface area contributed by atoms with Crippen LogP contribution in [0, 0.1) is 5.92 Å². The van der Waals surface area contributed by atoms with Crippen LogP contribution in [0.3, 0.4) is 0 Å². The van der Waals surface area contributed by atoms with E-state index in [4.69, 9.17) is 32.8 Å². The highest BCUT2D eigenvalue weighted by atomic mass is 16.5. The van der Waals surface area contributed by atoms with Gasteiger partial charge in [0, 0.05) is 41.1 Å². The topological polar surface area (TPSA) is 123 Å². The molecule has 1 aromatic heterocycles. The Labute approximate surface area is 272 Å². The first-order valence-corrected chi connectivity index (χ1v) is 15.5. The van der Waals surface area contributed by atoms with Crippen LogP contribution in [-0.2, 0) is 6.42 Å². The predicted molar refractivity (Wildman–Crippen MR) is 175 cm³/mol. The van der Waals surface area contributed by atoms with Gasteiger partial charge in [0.1, 0.15) is 48.3 Å². The summed E-state index contributed by atoms with van der Waals surface area (Å²) in [5.74, 6) is 3.57. The number of methoxy groups -OCH3 is 2. The molecule has 3 unspecified atom stereocenters. The molecule has 0 fully saturated rings. The second-order valence-corrected chi connectivity index (χ2v) is 12.3. The molecular formula is C37H38O10. The maximum Gasteiger partial charge on any atom is 0.336 e. The first-order valence-electron chi connectivity index (χ1n) is 15.5. The van der Waals surface area contributed by atoms with Gasteiger partial charge in [0.15, 0.2) is 28.8 Å². The molecule has 10 heteroatoms. The summed E-state index contributed by atoms with van der Waals surface area (Å²) < 4.78 is 39.6. The van der Waals surface area contributed by atoms with Crippen molar-refractivity contribution in [3.8, 4) is 40.2 Å². The van der Waals surface area contributed by atoms with Crippen molar-refractivity contribution in [3.05, 3.63) is 87.3 Å². The van der Waals surface area contributed by atoms with Gasteiger partial charge in [-0.05, 0) is 56.2 Å². The van der Waals surface area contributed by atoms with Crippen molar-refractivity contribution >= 4 is 16.8 Å². The molecule has 0 bridgehead atoms. The summed E-state index contributed by atoms with van der Waals surface area (Å²) in [4.78, 5) is 24.6. The largest absolute Gasteiger partial charge is 0.504 e. The Hall–Kier alpha value is -5.12. The lowest BCUT2D eigenvalue weighted by molar-refractivity contribution is 0.0554. The highest BCUT2D eigenvalue weighted by Crippen LogP contribution is 2.50. The molecule has 0 radical (unpaired) electrons. The van der Waals surface area contributed by atoms with Crippen molar-refractivity contribution in [1.82, 2.24) is 0 Å². The van der Waals surface area contributed by atoms with Crippen LogP contribution in [0.15, 0.2) is 69.4 Å². The number of ether oxygens (including phenoxy) is 6. The number of aromatic hydroxyl groups is 1. The third kappa shape index (κ3) is 6.19. The van der Waals surface area contributed by atoms with E-state index in [9.17, 15) is 14.7 Å². The van der Waals surface area contributed by atoms with Crippen molar-refractivity contribution in [2.24, 2.45) is 5.92 Å². The summed E-state index contributed by atoms with van der Waals surface area (Å²) >= 11 is 0. The Bertz CT molecular complexity index is 1920. The van der Waals surface area contributed by atoms with Gasteiger partial charge in [0.25, 0.3) is 0 Å². The van der Waals surface area contributed by atoms with Gasteiger partial charge < -0.3 is 37.9 Å². The summed E-state index contributed by atoms with van der Waals surface area (Å²) in [7, 11) is 3.16. The third-order valence-corrected chi connectivity index (χ3v) is 8.52. The Morgan fingerprint density at radius 3 is 2.45 bits per heavy atom. The molecule has 4 aromatic rings. The minimum Gasteiger partial charge on any atom is -0.504 e. The average molecular weight is 643 g/mol. The number of hydrogen-bond donors (Lipinski definition) is 1. The first-order chi connectivity index (χ1) is 22.6. The zero-order chi connectivity index (χ0) is 33.4. The van der Waals surface area contributed by atoms with E-state index in [2.05, 4.69) is 13.8 Å². The molecule has 4 heterocycles. The SMILES string of the molecule is CC(C)=CCOc1cc2oc(=O)ccc2cc1O.COc1cc2c(cc1OC)C1C(=O)c3ccc4c(c3OC1CO2)CC(C(C)C)O4. The molecule has 0 spiro atoms. The monoisotopic (exact) mass is 642 g/mol. The number of ketones is 1. The van der Waals surface area contributed by atoms with Crippen molar-refractivity contribution < 1.29 is 42.7 Å². The first kappa shape index (κ1) is 31.8. The van der Waals surface area contributed by atoms with E-state index in [1.807, 2.05) is 38.1 Å². The fourth-order valence-corrected chi connectivity index (χ4v) is 5.96. The number of phenolic OH excluding ortho intramolecular Hbond substituents is 1. The van der Waals surface area contributed by atoms with E-state index in [-0.39, 0.29) is 23.7 Å². The molecule has 3 aliphatic heterocycles. The average Bonchev–Trinajstić information content (AvgIpc) is 3.50. The van der Waals surface area contributed by atoms with E-state index in [0.29, 0.717) is 64.4 Å². The van der Waals surface area contributed by atoms with E-state index in [1.54, 1.807) is 26.4 Å². The molecule has 3 aromatic carbocycles. The Kier molecular flexibility index (Phi) is 8.77. The highest BCUT2D eigenvalue weighted by Gasteiger charge is 2.45. The van der Waals surface area contributed by atoms with Gasteiger partial charge >= 0.3 is 5.63 Å². The molecule has 1 N–H and O–H groups in total. The molecule has 0 aliphatic carbocycles. The fourth-order valence-electron chi connectivity index (χ4n) is 5.96. The summed E-state index contributed by atoms with van der Waals surface area (Å²) in [6.07, 6.45) is 2.37. The van der Waals surface area contributed by atoms with Gasteiger partial charge in [-0.25, -0.2) is 4.79 Å². The van der Waals surface area contributed by atoms with Gasteiger partial charge in [0.2, 0.25) is 0 Å². The number of fused-ring (bicyclic) bond motifs is 7. The summed E-state index contributed by atoms with van der Waals surface area (Å²) in [6, 6.07) is 13.3. The Balaban J connectivity index is 0.000000185. The normalized spacial score (nSPS) is 18.6. The number of Topliss-reactive ketones (excluding diaryl/α,β-unsaturated/α-hetero) is 1. The number of allylic oxidation sites excluding steroid dienone is 1. The molecular weight excluding hydrogens is 604 g/mol. The highest BCUT2D eigenvalue weighted by molar-refractivity contribution is 6.06. The van der Waals surface area contributed by atoms with E-state index < -0.39 is 11.5 Å². The quantitative estimate of drug-likeness (QED) is 0.181. The van der Waals surface area contributed by atoms with Crippen LogP contribution in [-0.4, -0.2) is 50.5 Å². The Morgan fingerprint density at radius 2 is 1.72 bits per heavy atom. The van der Waals surface area contributed by atoms with Crippen LogP contribution in [0.5, 0.6) is 40.2 Å². The van der Waals surface area contributed by atoms with Crippen molar-refractivity contribution in [2.75, 3.05) is 27.4 Å². The van der Waals surface area contributed by atoms with E-state index in [1.165, 1.54) is 18.2 Å². The lowest BCUT2D eigenvalue weighted by atomic mass is 9.81. The van der Waals surface area contributed by atoms with Crippen molar-refractivity contribution in [3.63, 3.8) is 0 Å². The van der Waals surface area contributed by atoms with Crippen LogP contribution in [0.25, 0.3) is 11.0 Å². The van der Waals surface area contributed by atoms with Crippen LogP contribution in [0.2, 0.25) is 0 Å². The maximum atomic E-state index is 13.5. The molecule has 47 heavy (non-hydrogen) atoms. The van der Waals surface area contributed by atoms with E-state index in [0.717, 1.165) is 28.9 Å². The van der Waals surface area contributed by atoms with Gasteiger partial charge in [-0.1, -0.05) is 19.4 Å². The summed E-state index contributed by atoms with van der Waals surface area (Å²) in [5, 5.41) is 10.4. The number of phenols is 1. The number of hydrogen-bond acceptors (Lipinski definition) is 10. The number of benzene rings is 3. The second kappa shape index (κ2) is 12.9. The van der Waals surface area contributed by atoms with Crippen LogP contribution in [0.1, 0.15) is 55.1 Å². The zero-order valence-electron chi connectivity index (χ0n) is 27.2. The van der Waals surface area contributed by atoms with Gasteiger partial charge in [-0.15, -0.1) is 0 Å². The van der Waals surface area contributed by atoms with Crippen LogP contribution < -0.4 is 34.0 Å². The van der Waals surface area contributed by atoms with E-state index >= 15 is 0 Å². The predicted octanol–water partition coefficient (Wildman–Crippen LogP) is 6.63. The van der Waals surface area contributed by atoms with Crippen LogP contribution >= 0.6 is 0 Å². The molecule has 0 saturated carbocycles. The molecule has 0 saturated heterocycles. The third-order valence-electron chi connectivity index (χ3n) is 8.52. The van der Waals surface area contributed by atoms with Gasteiger partial charge in [0.05, 0.1) is 25.7 Å². The van der Waals surface area contributed by atoms with Crippen molar-refractivity contribution in [1.29, 1.82) is 0 Å². The molecule has 3 atom stereocenters. The lowest BCUT2D eigenvalue weighted by Crippen LogP contribution is -2.43.